The van der Waals surface area contributed by atoms with Crippen LogP contribution in [0, 0.1) is 11.3 Å². The molecular weight excluding hydrogens is 254 g/mol. The van der Waals surface area contributed by atoms with Crippen LogP contribution in [0.2, 0.25) is 0 Å². The molecule has 0 spiro atoms. The number of hydrogen-bond donors (Lipinski definition) is 1. The highest BCUT2D eigenvalue weighted by Crippen LogP contribution is 2.19. The molecule has 1 aromatic carbocycles. The Morgan fingerprint density at radius 2 is 2.20 bits per heavy atom. The van der Waals surface area contributed by atoms with Crippen LogP contribution in [-0.4, -0.2) is 24.5 Å². The Morgan fingerprint density at radius 3 is 2.95 bits per heavy atom. The topological polar surface area (TPSA) is 98.3 Å². The average molecular weight is 267 g/mol. The second kappa shape index (κ2) is 5.01. The van der Waals surface area contributed by atoms with Crippen LogP contribution in [0.4, 0.5) is 5.95 Å². The molecule has 3 aromatic rings. The summed E-state index contributed by atoms with van der Waals surface area (Å²) in [7, 11) is 0. The maximum Gasteiger partial charge on any atom is 0.201 e. The first-order chi connectivity index (χ1) is 9.78. The highest BCUT2D eigenvalue weighted by molar-refractivity contribution is 5.79. The molecule has 2 heterocycles. The van der Waals surface area contributed by atoms with E-state index in [2.05, 4.69) is 21.4 Å². The smallest absolute Gasteiger partial charge is 0.201 e. The first-order valence-electron chi connectivity index (χ1n) is 6.28. The fourth-order valence-electron chi connectivity index (χ4n) is 2.19. The minimum atomic E-state index is 0.466. The molecule has 2 aromatic heterocycles. The van der Waals surface area contributed by atoms with Gasteiger partial charge in [-0.25, -0.2) is 4.98 Å². The predicted molar refractivity (Wildman–Crippen MR) is 73.5 cm³/mol. The number of aromatic nitrogens is 5. The van der Waals surface area contributed by atoms with Crippen LogP contribution in [0.15, 0.2) is 30.6 Å². The summed E-state index contributed by atoms with van der Waals surface area (Å²) < 4.78 is 3.70. The van der Waals surface area contributed by atoms with Crippen LogP contribution in [0.5, 0.6) is 0 Å². The summed E-state index contributed by atoms with van der Waals surface area (Å²) in [6.45, 7) is 1.48. The van der Waals surface area contributed by atoms with Gasteiger partial charge < -0.3 is 10.3 Å². The molecule has 0 fully saturated rings. The maximum absolute atomic E-state index is 8.97. The number of nitrogens with zero attached hydrogens (tertiary/aromatic N) is 6. The van der Waals surface area contributed by atoms with Crippen LogP contribution in [-0.2, 0) is 13.1 Å². The van der Waals surface area contributed by atoms with E-state index in [9.17, 15) is 0 Å². The third-order valence-electron chi connectivity index (χ3n) is 3.15. The second-order valence-electron chi connectivity index (χ2n) is 4.46. The number of nitrogens with two attached hydrogens (primary N) is 1. The van der Waals surface area contributed by atoms with Gasteiger partial charge >= 0.3 is 0 Å². The summed E-state index contributed by atoms with van der Waals surface area (Å²) in [5.74, 6) is 0.466. The molecule has 2 N–H and O–H groups in total. The van der Waals surface area contributed by atoms with Gasteiger partial charge in [0.15, 0.2) is 0 Å². The molecule has 7 heteroatoms. The van der Waals surface area contributed by atoms with Gasteiger partial charge in [-0.05, 0) is 24.6 Å². The predicted octanol–water partition coefficient (Wildman–Crippen LogP) is 1.17. The van der Waals surface area contributed by atoms with E-state index in [0.717, 1.165) is 30.5 Å². The van der Waals surface area contributed by atoms with Crippen molar-refractivity contribution in [3.05, 3.63) is 36.2 Å². The number of imidazole rings is 1. The third kappa shape index (κ3) is 2.19. The first kappa shape index (κ1) is 12.2. The molecule has 0 aliphatic rings. The van der Waals surface area contributed by atoms with Crippen LogP contribution >= 0.6 is 0 Å². The lowest BCUT2D eigenvalue weighted by Crippen LogP contribution is -2.07. The normalized spacial score (nSPS) is 10.8. The van der Waals surface area contributed by atoms with Gasteiger partial charge in [0, 0.05) is 19.3 Å². The summed E-state index contributed by atoms with van der Waals surface area (Å²) in [5, 5.41) is 16.6. The monoisotopic (exact) mass is 267 g/mol. The zero-order valence-electron chi connectivity index (χ0n) is 10.8. The molecule has 0 aliphatic carbocycles. The highest BCUT2D eigenvalue weighted by Gasteiger charge is 2.08. The maximum atomic E-state index is 8.97. The fraction of sp³-hybridized carbons (Fsp3) is 0.231. The summed E-state index contributed by atoms with van der Waals surface area (Å²) >= 11 is 0. The average Bonchev–Trinajstić information content (AvgIpc) is 3.07. The van der Waals surface area contributed by atoms with E-state index in [1.165, 1.54) is 0 Å². The van der Waals surface area contributed by atoms with Gasteiger partial charge in [-0.3, -0.25) is 4.68 Å². The van der Waals surface area contributed by atoms with Crippen LogP contribution < -0.4 is 5.73 Å². The van der Waals surface area contributed by atoms with Gasteiger partial charge in [-0.2, -0.15) is 5.26 Å². The van der Waals surface area contributed by atoms with E-state index < -0.39 is 0 Å². The van der Waals surface area contributed by atoms with Gasteiger partial charge in [0.25, 0.3) is 0 Å². The Hall–Kier alpha value is -2.88. The van der Waals surface area contributed by atoms with Crippen molar-refractivity contribution in [2.45, 2.75) is 19.5 Å². The molecular formula is C13H13N7. The minimum Gasteiger partial charge on any atom is -0.369 e. The first-order valence-corrected chi connectivity index (χ1v) is 6.28. The zero-order valence-corrected chi connectivity index (χ0v) is 10.8. The Labute approximate surface area is 115 Å². The molecule has 0 unspecified atom stereocenters. The molecule has 0 radical (unpaired) electrons. The number of anilines is 1. The van der Waals surface area contributed by atoms with Gasteiger partial charge in [-0.15, -0.1) is 5.10 Å². The lowest BCUT2D eigenvalue weighted by atomic mass is 10.2. The van der Waals surface area contributed by atoms with E-state index >= 15 is 0 Å². The Bertz CT molecular complexity index is 764. The van der Waals surface area contributed by atoms with E-state index in [0.29, 0.717) is 11.5 Å². The van der Waals surface area contributed by atoms with Gasteiger partial charge in [0.05, 0.1) is 28.9 Å². The summed E-state index contributed by atoms with van der Waals surface area (Å²) in [4.78, 5) is 4.30. The van der Waals surface area contributed by atoms with Crippen molar-refractivity contribution in [2.24, 2.45) is 0 Å². The second-order valence-corrected chi connectivity index (χ2v) is 4.46. The number of nitriles is 1. The highest BCUT2D eigenvalue weighted by atomic mass is 15.4. The van der Waals surface area contributed by atoms with Crippen molar-refractivity contribution in [1.29, 1.82) is 5.26 Å². The number of hydrogen-bond acceptors (Lipinski definition) is 5. The van der Waals surface area contributed by atoms with Gasteiger partial charge in [0.2, 0.25) is 5.95 Å². The van der Waals surface area contributed by atoms with Gasteiger partial charge in [-0.1, -0.05) is 5.21 Å². The number of rotatable bonds is 4. The van der Waals surface area contributed by atoms with Crippen LogP contribution in [0.1, 0.15) is 12.0 Å². The molecule has 0 atom stereocenters. The summed E-state index contributed by atoms with van der Waals surface area (Å²) in [5.41, 5.74) is 8.24. The minimum absolute atomic E-state index is 0.466. The molecule has 7 nitrogen and oxygen atoms in total. The lowest BCUT2D eigenvalue weighted by Gasteiger charge is -2.06. The summed E-state index contributed by atoms with van der Waals surface area (Å²) in [6.07, 6.45) is 4.33. The zero-order chi connectivity index (χ0) is 13.9. The number of aryl methyl sites for hydroxylation is 2. The summed E-state index contributed by atoms with van der Waals surface area (Å²) in [6, 6.07) is 7.51. The number of fused-ring (bicyclic) bond motifs is 1. The van der Waals surface area contributed by atoms with Crippen LogP contribution in [0.3, 0.4) is 0 Å². The molecule has 100 valence electrons. The largest absolute Gasteiger partial charge is 0.369 e. The SMILES string of the molecule is N#Cc1ccc2nc(N)n(CCCn3ccnn3)c2c1. The van der Waals surface area contributed by atoms with Crippen molar-refractivity contribution in [3.63, 3.8) is 0 Å². The van der Waals surface area contributed by atoms with Crippen molar-refractivity contribution in [2.75, 3.05) is 5.73 Å². The quantitative estimate of drug-likeness (QED) is 0.765. The number of nitrogen functional groups attached to an aromatic ring is 1. The fourth-order valence-corrected chi connectivity index (χ4v) is 2.19. The van der Waals surface area contributed by atoms with Crippen molar-refractivity contribution >= 4 is 17.0 Å². The van der Waals surface area contributed by atoms with E-state index in [1.807, 2.05) is 22.9 Å². The Balaban J connectivity index is 1.83. The van der Waals surface area contributed by atoms with E-state index in [4.69, 9.17) is 11.0 Å². The van der Waals surface area contributed by atoms with Crippen LogP contribution in [0.25, 0.3) is 11.0 Å². The molecule has 0 aliphatic heterocycles. The standard InChI is InChI=1S/C13H13N7/c14-9-10-2-3-11-12(8-10)20(13(15)17-11)6-1-5-19-7-4-16-18-19/h2-4,7-8H,1,5-6H2,(H2,15,17). The molecule has 0 amide bonds. The van der Waals surface area contributed by atoms with Crippen molar-refractivity contribution in [3.8, 4) is 6.07 Å². The molecule has 3 rings (SSSR count). The van der Waals surface area contributed by atoms with E-state index in [1.54, 1.807) is 16.9 Å². The van der Waals surface area contributed by atoms with Crippen molar-refractivity contribution < 1.29 is 0 Å². The molecule has 20 heavy (non-hydrogen) atoms. The lowest BCUT2D eigenvalue weighted by molar-refractivity contribution is 0.521. The Morgan fingerprint density at radius 1 is 1.30 bits per heavy atom. The number of benzene rings is 1. The Kier molecular flexibility index (Phi) is 3.05. The molecule has 0 bridgehead atoms. The van der Waals surface area contributed by atoms with Crippen molar-refractivity contribution in [1.82, 2.24) is 24.5 Å². The molecule has 0 saturated carbocycles. The van der Waals surface area contributed by atoms with E-state index in [-0.39, 0.29) is 0 Å². The third-order valence-corrected chi connectivity index (χ3v) is 3.15. The molecule has 0 saturated heterocycles. The van der Waals surface area contributed by atoms with Gasteiger partial charge in [0.1, 0.15) is 0 Å².